The van der Waals surface area contributed by atoms with E-state index >= 15 is 0 Å². The van der Waals surface area contributed by atoms with Gasteiger partial charge in [0.15, 0.2) is 6.54 Å². The third-order valence-electron chi connectivity index (χ3n) is 4.23. The fourth-order valence-corrected chi connectivity index (χ4v) is 4.54. The van der Waals surface area contributed by atoms with Crippen LogP contribution in [0.25, 0.3) is 0 Å². The van der Waals surface area contributed by atoms with Crippen LogP contribution >= 0.6 is 23.1 Å². The summed E-state index contributed by atoms with van der Waals surface area (Å²) in [6, 6.07) is 25.2. The van der Waals surface area contributed by atoms with E-state index in [9.17, 15) is 4.79 Å². The van der Waals surface area contributed by atoms with E-state index in [1.807, 2.05) is 36.0 Å². The van der Waals surface area contributed by atoms with Crippen molar-refractivity contribution in [1.82, 2.24) is 5.32 Å². The second kappa shape index (κ2) is 10.9. The second-order valence-electron chi connectivity index (χ2n) is 6.23. The van der Waals surface area contributed by atoms with Gasteiger partial charge in [-0.25, -0.2) is 0 Å². The highest BCUT2D eigenvalue weighted by molar-refractivity contribution is 7.98. The molecule has 0 bridgehead atoms. The van der Waals surface area contributed by atoms with Gasteiger partial charge in [0.2, 0.25) is 0 Å². The minimum absolute atomic E-state index is 0.0906. The van der Waals surface area contributed by atoms with Crippen molar-refractivity contribution >= 4 is 29.0 Å². The summed E-state index contributed by atoms with van der Waals surface area (Å²) in [5.74, 6) is 2.00. The molecule has 0 aliphatic carbocycles. The maximum atomic E-state index is 12.2. The van der Waals surface area contributed by atoms with E-state index < -0.39 is 0 Å². The highest BCUT2D eigenvalue weighted by Crippen LogP contribution is 2.22. The second-order valence-corrected chi connectivity index (χ2v) is 8.32. The molecule has 0 saturated carbocycles. The monoisotopic (exact) mass is 397 g/mol. The Kier molecular flexibility index (Phi) is 7.96. The first-order valence-electron chi connectivity index (χ1n) is 9.13. The summed E-state index contributed by atoms with van der Waals surface area (Å²) in [7, 11) is 0. The van der Waals surface area contributed by atoms with E-state index in [0.29, 0.717) is 13.1 Å². The maximum absolute atomic E-state index is 12.2. The Balaban J connectivity index is 1.40. The fourth-order valence-electron chi connectivity index (χ4n) is 2.87. The first-order chi connectivity index (χ1) is 13.3. The average Bonchev–Trinajstić information content (AvgIpc) is 3.24. The highest BCUT2D eigenvalue weighted by Gasteiger charge is 2.19. The molecule has 1 aromatic heterocycles. The Morgan fingerprint density at radius 2 is 1.74 bits per heavy atom. The Hall–Kier alpha value is -2.08. The van der Waals surface area contributed by atoms with Crippen molar-refractivity contribution in [2.75, 3.05) is 18.8 Å². The van der Waals surface area contributed by atoms with Crippen molar-refractivity contribution in [1.29, 1.82) is 0 Å². The molecular weight excluding hydrogens is 372 g/mol. The molecule has 0 saturated heterocycles. The van der Waals surface area contributed by atoms with Gasteiger partial charge in [-0.05, 0) is 17.0 Å². The number of carbonyl (C=O) groups is 1. The standard InChI is InChI=1S/C22H24N2OS2/c25-21(23-13-15-26-17-18-8-3-1-4-9-18)16-24-22(20-12-7-14-27-20)19-10-5-2-6-11-19/h1-12,14,22,24H,13,15-17H2,(H,23,25)/p+1/t22-/m1/s1. The number of rotatable bonds is 10. The molecule has 27 heavy (non-hydrogen) atoms. The number of carbonyl (C=O) groups excluding carboxylic acids is 1. The van der Waals surface area contributed by atoms with Crippen molar-refractivity contribution in [3.05, 3.63) is 94.2 Å². The first kappa shape index (κ1) is 19.7. The number of hydrogen-bond acceptors (Lipinski definition) is 3. The molecular formula is C22H25N2OS2+. The minimum Gasteiger partial charge on any atom is -0.350 e. The number of thiophene rings is 1. The van der Waals surface area contributed by atoms with Crippen LogP contribution in [0.1, 0.15) is 22.0 Å². The molecule has 1 atom stereocenters. The van der Waals surface area contributed by atoms with Gasteiger partial charge in [-0.2, -0.15) is 11.8 Å². The third kappa shape index (κ3) is 6.54. The fraction of sp³-hybridized carbons (Fsp3) is 0.227. The molecule has 3 rings (SSSR count). The maximum Gasteiger partial charge on any atom is 0.275 e. The van der Waals surface area contributed by atoms with E-state index in [1.54, 1.807) is 11.3 Å². The van der Waals surface area contributed by atoms with Crippen molar-refractivity contribution in [3.63, 3.8) is 0 Å². The van der Waals surface area contributed by atoms with Gasteiger partial charge >= 0.3 is 0 Å². The van der Waals surface area contributed by atoms with Gasteiger partial charge in [-0.15, -0.1) is 11.3 Å². The van der Waals surface area contributed by atoms with Crippen LogP contribution in [0.2, 0.25) is 0 Å². The number of benzene rings is 2. The molecule has 0 aliphatic heterocycles. The van der Waals surface area contributed by atoms with Gasteiger partial charge < -0.3 is 10.6 Å². The number of nitrogens with one attached hydrogen (secondary N) is 1. The summed E-state index contributed by atoms with van der Waals surface area (Å²) < 4.78 is 0. The van der Waals surface area contributed by atoms with Gasteiger partial charge in [-0.3, -0.25) is 4.79 Å². The Morgan fingerprint density at radius 1 is 1.00 bits per heavy atom. The molecule has 0 aliphatic rings. The topological polar surface area (TPSA) is 45.7 Å². The van der Waals surface area contributed by atoms with Gasteiger partial charge in [0, 0.05) is 23.6 Å². The van der Waals surface area contributed by atoms with Gasteiger partial charge in [0.25, 0.3) is 5.91 Å². The third-order valence-corrected chi connectivity index (χ3v) is 6.21. The smallest absolute Gasteiger partial charge is 0.275 e. The predicted molar refractivity (Wildman–Crippen MR) is 115 cm³/mol. The normalized spacial score (nSPS) is 11.9. The number of thioether (sulfide) groups is 1. The summed E-state index contributed by atoms with van der Waals surface area (Å²) in [5.41, 5.74) is 2.55. The molecule has 3 aromatic rings. The van der Waals surface area contributed by atoms with Crippen molar-refractivity contribution < 1.29 is 10.1 Å². The molecule has 1 heterocycles. The Morgan fingerprint density at radius 3 is 2.44 bits per heavy atom. The summed E-state index contributed by atoms with van der Waals surface area (Å²) in [5, 5.41) is 7.24. The van der Waals surface area contributed by atoms with Crippen molar-refractivity contribution in [3.8, 4) is 0 Å². The molecule has 140 valence electrons. The average molecular weight is 398 g/mol. The number of amides is 1. The Bertz CT molecular complexity index is 792. The summed E-state index contributed by atoms with van der Waals surface area (Å²) in [4.78, 5) is 13.5. The number of quaternary nitrogens is 1. The minimum atomic E-state index is 0.0906. The molecule has 0 spiro atoms. The summed E-state index contributed by atoms with van der Waals surface area (Å²) in [6.07, 6.45) is 0. The largest absolute Gasteiger partial charge is 0.350 e. The van der Waals surface area contributed by atoms with Crippen LogP contribution in [0.3, 0.4) is 0 Å². The SMILES string of the molecule is O=C(C[NH2+][C@H](c1ccccc1)c1cccs1)NCCSCc1ccccc1. The molecule has 3 N–H and O–H groups in total. The molecule has 0 fully saturated rings. The molecule has 3 nitrogen and oxygen atoms in total. The Labute approximate surface area is 169 Å². The molecule has 0 radical (unpaired) electrons. The molecule has 0 unspecified atom stereocenters. The van der Waals surface area contributed by atoms with Crippen LogP contribution in [0.5, 0.6) is 0 Å². The lowest BCUT2D eigenvalue weighted by molar-refractivity contribution is -0.676. The lowest BCUT2D eigenvalue weighted by Crippen LogP contribution is -2.87. The van der Waals surface area contributed by atoms with Gasteiger partial charge in [0.1, 0.15) is 6.04 Å². The predicted octanol–water partition coefficient (Wildman–Crippen LogP) is 3.45. The van der Waals surface area contributed by atoms with Crippen LogP contribution in [-0.2, 0) is 10.5 Å². The van der Waals surface area contributed by atoms with Crippen LogP contribution in [-0.4, -0.2) is 24.7 Å². The lowest BCUT2D eigenvalue weighted by Gasteiger charge is -2.14. The van der Waals surface area contributed by atoms with Crippen LogP contribution in [0, 0.1) is 0 Å². The van der Waals surface area contributed by atoms with E-state index in [2.05, 4.69) is 64.5 Å². The summed E-state index contributed by atoms with van der Waals surface area (Å²) in [6.45, 7) is 1.14. The molecule has 1 amide bonds. The van der Waals surface area contributed by atoms with Crippen molar-refractivity contribution in [2.24, 2.45) is 0 Å². The van der Waals surface area contributed by atoms with Crippen LogP contribution < -0.4 is 10.6 Å². The lowest BCUT2D eigenvalue weighted by atomic mass is 10.1. The van der Waals surface area contributed by atoms with E-state index in [4.69, 9.17) is 0 Å². The van der Waals surface area contributed by atoms with E-state index in [0.717, 1.165) is 11.5 Å². The van der Waals surface area contributed by atoms with Gasteiger partial charge in [0.05, 0.1) is 4.88 Å². The van der Waals surface area contributed by atoms with Gasteiger partial charge in [-0.1, -0.05) is 66.7 Å². The van der Waals surface area contributed by atoms with Crippen LogP contribution in [0.15, 0.2) is 78.2 Å². The van der Waals surface area contributed by atoms with Crippen LogP contribution in [0.4, 0.5) is 0 Å². The quantitative estimate of drug-likeness (QED) is 0.515. The highest BCUT2D eigenvalue weighted by atomic mass is 32.2. The molecule has 5 heteroatoms. The summed E-state index contributed by atoms with van der Waals surface area (Å²) >= 11 is 3.58. The zero-order chi connectivity index (χ0) is 18.7. The molecule has 2 aromatic carbocycles. The van der Waals surface area contributed by atoms with Crippen molar-refractivity contribution in [2.45, 2.75) is 11.8 Å². The zero-order valence-corrected chi connectivity index (χ0v) is 16.8. The number of hydrogen-bond donors (Lipinski definition) is 2. The van der Waals surface area contributed by atoms with E-state index in [-0.39, 0.29) is 11.9 Å². The zero-order valence-electron chi connectivity index (χ0n) is 15.2. The van der Waals surface area contributed by atoms with E-state index in [1.165, 1.54) is 16.0 Å². The number of nitrogens with two attached hydrogens (primary N) is 1. The first-order valence-corrected chi connectivity index (χ1v) is 11.2.